The van der Waals surface area contributed by atoms with E-state index in [-0.39, 0.29) is 23.8 Å². The Labute approximate surface area is 107 Å². The maximum Gasteiger partial charge on any atom is 0.225 e. The van der Waals surface area contributed by atoms with Gasteiger partial charge in [-0.2, -0.15) is 0 Å². The Bertz CT molecular complexity index is 352. The lowest BCUT2D eigenvalue weighted by Gasteiger charge is -2.36. The first-order valence-corrected chi connectivity index (χ1v) is 7.03. The second-order valence-electron chi connectivity index (χ2n) is 5.71. The maximum absolute atomic E-state index is 12.4. The van der Waals surface area contributed by atoms with Crippen LogP contribution in [0.5, 0.6) is 0 Å². The molecule has 0 aromatic carbocycles. The van der Waals surface area contributed by atoms with Gasteiger partial charge in [0, 0.05) is 19.5 Å². The van der Waals surface area contributed by atoms with Crippen LogP contribution < -0.4 is 10.6 Å². The quantitative estimate of drug-likeness (QED) is 0.710. The largest absolute Gasteiger partial charge is 0.354 e. The lowest BCUT2D eigenvalue weighted by molar-refractivity contribution is -0.137. The summed E-state index contributed by atoms with van der Waals surface area (Å²) in [6, 6.07) is 0.119. The molecule has 3 aliphatic heterocycles. The van der Waals surface area contributed by atoms with E-state index in [9.17, 15) is 9.59 Å². The first-order chi connectivity index (χ1) is 8.75. The number of hydrogen-bond acceptors (Lipinski definition) is 3. The summed E-state index contributed by atoms with van der Waals surface area (Å²) >= 11 is 0. The zero-order chi connectivity index (χ0) is 12.5. The van der Waals surface area contributed by atoms with E-state index in [2.05, 4.69) is 10.6 Å². The zero-order valence-electron chi connectivity index (χ0n) is 10.7. The SMILES string of the molecule is O=C1NCC2C1CCCN2C(=O)CC1CCNC1. The number of nitrogens with one attached hydrogen (secondary N) is 2. The number of nitrogens with zero attached hydrogens (tertiary/aromatic N) is 1. The van der Waals surface area contributed by atoms with Crippen LogP contribution in [-0.4, -0.2) is 48.9 Å². The molecular weight excluding hydrogens is 230 g/mol. The molecule has 3 saturated heterocycles. The van der Waals surface area contributed by atoms with E-state index < -0.39 is 0 Å². The third-order valence-electron chi connectivity index (χ3n) is 4.55. The Balaban J connectivity index is 1.63. The molecule has 3 heterocycles. The average Bonchev–Trinajstić information content (AvgIpc) is 3.00. The molecule has 0 aromatic heterocycles. The topological polar surface area (TPSA) is 61.4 Å². The molecule has 0 saturated carbocycles. The van der Waals surface area contributed by atoms with Crippen molar-refractivity contribution in [2.75, 3.05) is 26.2 Å². The fourth-order valence-corrected chi connectivity index (χ4v) is 3.51. The highest BCUT2D eigenvalue weighted by Gasteiger charge is 2.42. The minimum absolute atomic E-state index is 0.0457. The molecule has 2 amide bonds. The van der Waals surface area contributed by atoms with Gasteiger partial charge >= 0.3 is 0 Å². The van der Waals surface area contributed by atoms with Crippen molar-refractivity contribution in [2.45, 2.75) is 31.7 Å². The van der Waals surface area contributed by atoms with Gasteiger partial charge in [-0.05, 0) is 38.3 Å². The van der Waals surface area contributed by atoms with Gasteiger partial charge in [-0.25, -0.2) is 0 Å². The van der Waals surface area contributed by atoms with Gasteiger partial charge in [0.1, 0.15) is 0 Å². The highest BCUT2D eigenvalue weighted by Crippen LogP contribution is 2.28. The highest BCUT2D eigenvalue weighted by molar-refractivity contribution is 5.84. The van der Waals surface area contributed by atoms with Gasteiger partial charge in [0.05, 0.1) is 12.0 Å². The second kappa shape index (κ2) is 4.88. The van der Waals surface area contributed by atoms with Crippen molar-refractivity contribution in [3.05, 3.63) is 0 Å². The molecule has 3 fully saturated rings. The summed E-state index contributed by atoms with van der Waals surface area (Å²) in [5, 5.41) is 6.19. The smallest absolute Gasteiger partial charge is 0.225 e. The molecule has 5 heteroatoms. The van der Waals surface area contributed by atoms with Crippen LogP contribution in [-0.2, 0) is 9.59 Å². The highest BCUT2D eigenvalue weighted by atomic mass is 16.2. The molecule has 5 nitrogen and oxygen atoms in total. The molecule has 3 rings (SSSR count). The summed E-state index contributed by atoms with van der Waals surface area (Å²) in [5.41, 5.74) is 0. The van der Waals surface area contributed by atoms with E-state index in [0.29, 0.717) is 18.9 Å². The van der Waals surface area contributed by atoms with E-state index in [4.69, 9.17) is 0 Å². The summed E-state index contributed by atoms with van der Waals surface area (Å²) in [7, 11) is 0. The number of fused-ring (bicyclic) bond motifs is 1. The van der Waals surface area contributed by atoms with Crippen LogP contribution in [0.4, 0.5) is 0 Å². The first kappa shape index (κ1) is 12.0. The minimum Gasteiger partial charge on any atom is -0.354 e. The number of likely N-dealkylation sites (tertiary alicyclic amines) is 1. The van der Waals surface area contributed by atoms with Gasteiger partial charge in [-0.3, -0.25) is 9.59 Å². The Kier molecular flexibility index (Phi) is 3.24. The molecule has 0 spiro atoms. The Morgan fingerprint density at radius 3 is 3.00 bits per heavy atom. The van der Waals surface area contributed by atoms with Crippen LogP contribution in [0.25, 0.3) is 0 Å². The first-order valence-electron chi connectivity index (χ1n) is 7.03. The van der Waals surface area contributed by atoms with Crippen LogP contribution in [0.2, 0.25) is 0 Å². The summed E-state index contributed by atoms with van der Waals surface area (Å²) < 4.78 is 0. The predicted octanol–water partition coefficient (Wildman–Crippen LogP) is -0.277. The lowest BCUT2D eigenvalue weighted by Crippen LogP contribution is -2.49. The van der Waals surface area contributed by atoms with E-state index >= 15 is 0 Å². The Morgan fingerprint density at radius 2 is 2.22 bits per heavy atom. The average molecular weight is 251 g/mol. The number of rotatable bonds is 2. The molecule has 0 aliphatic carbocycles. The summed E-state index contributed by atoms with van der Waals surface area (Å²) in [6.45, 7) is 3.47. The molecule has 0 radical (unpaired) electrons. The van der Waals surface area contributed by atoms with Crippen LogP contribution >= 0.6 is 0 Å². The number of hydrogen-bond donors (Lipinski definition) is 2. The van der Waals surface area contributed by atoms with Gasteiger partial charge < -0.3 is 15.5 Å². The van der Waals surface area contributed by atoms with Crippen molar-refractivity contribution < 1.29 is 9.59 Å². The lowest BCUT2D eigenvalue weighted by atomic mass is 9.90. The van der Waals surface area contributed by atoms with Gasteiger partial charge in [0.25, 0.3) is 0 Å². The normalized spacial score (nSPS) is 35.4. The Morgan fingerprint density at radius 1 is 1.33 bits per heavy atom. The monoisotopic (exact) mass is 251 g/mol. The summed E-state index contributed by atoms with van der Waals surface area (Å²) in [4.78, 5) is 26.0. The van der Waals surface area contributed by atoms with Gasteiger partial charge in [0.2, 0.25) is 11.8 Å². The van der Waals surface area contributed by atoms with Crippen LogP contribution in [0.3, 0.4) is 0 Å². The van der Waals surface area contributed by atoms with Crippen molar-refractivity contribution in [1.29, 1.82) is 0 Å². The molecule has 3 aliphatic rings. The fourth-order valence-electron chi connectivity index (χ4n) is 3.51. The van der Waals surface area contributed by atoms with E-state index in [0.717, 1.165) is 38.9 Å². The third kappa shape index (κ3) is 2.11. The van der Waals surface area contributed by atoms with E-state index in [1.807, 2.05) is 4.90 Å². The van der Waals surface area contributed by atoms with Crippen molar-refractivity contribution in [3.63, 3.8) is 0 Å². The van der Waals surface area contributed by atoms with Crippen molar-refractivity contribution in [3.8, 4) is 0 Å². The van der Waals surface area contributed by atoms with Crippen molar-refractivity contribution >= 4 is 11.8 Å². The molecule has 0 aromatic rings. The number of carbonyl (C=O) groups excluding carboxylic acids is 2. The van der Waals surface area contributed by atoms with E-state index in [1.165, 1.54) is 0 Å². The summed E-state index contributed by atoms with van der Waals surface area (Å²) in [5.74, 6) is 0.919. The van der Waals surface area contributed by atoms with Crippen LogP contribution in [0.1, 0.15) is 25.7 Å². The standard InChI is InChI=1S/C13H21N3O2/c17-12(6-9-3-4-14-7-9)16-5-1-2-10-11(16)8-15-13(10)18/h9-11,14H,1-8H2,(H,15,18). The molecule has 100 valence electrons. The molecule has 18 heavy (non-hydrogen) atoms. The molecule has 3 unspecified atom stereocenters. The molecule has 2 N–H and O–H groups in total. The predicted molar refractivity (Wildman–Crippen MR) is 66.8 cm³/mol. The van der Waals surface area contributed by atoms with Crippen LogP contribution in [0.15, 0.2) is 0 Å². The maximum atomic E-state index is 12.4. The number of amides is 2. The molecule has 0 bridgehead atoms. The number of carbonyl (C=O) groups is 2. The fraction of sp³-hybridized carbons (Fsp3) is 0.846. The third-order valence-corrected chi connectivity index (χ3v) is 4.55. The summed E-state index contributed by atoms with van der Waals surface area (Å²) in [6.07, 6.45) is 3.64. The van der Waals surface area contributed by atoms with Gasteiger partial charge in [-0.15, -0.1) is 0 Å². The van der Waals surface area contributed by atoms with Crippen molar-refractivity contribution in [1.82, 2.24) is 15.5 Å². The van der Waals surface area contributed by atoms with E-state index in [1.54, 1.807) is 0 Å². The number of piperidine rings is 1. The van der Waals surface area contributed by atoms with Crippen LogP contribution in [0, 0.1) is 11.8 Å². The van der Waals surface area contributed by atoms with Gasteiger partial charge in [-0.1, -0.05) is 0 Å². The zero-order valence-corrected chi connectivity index (χ0v) is 10.7. The minimum atomic E-state index is 0.0457. The van der Waals surface area contributed by atoms with Gasteiger partial charge in [0.15, 0.2) is 0 Å². The van der Waals surface area contributed by atoms with Crippen molar-refractivity contribution in [2.24, 2.45) is 11.8 Å². The molecular formula is C13H21N3O2. The molecule has 3 atom stereocenters. The Hall–Kier alpha value is -1.10. The second-order valence-corrected chi connectivity index (χ2v) is 5.71.